The van der Waals surface area contributed by atoms with Gasteiger partial charge in [-0.3, -0.25) is 4.79 Å². The van der Waals surface area contributed by atoms with Gasteiger partial charge in [-0.2, -0.15) is 0 Å². The highest BCUT2D eigenvalue weighted by molar-refractivity contribution is 5.75. The molecule has 1 aromatic heterocycles. The molecule has 0 aliphatic rings. The Bertz CT molecular complexity index is 285. The molecular formula is C12H19N2O+. The highest BCUT2D eigenvalue weighted by Gasteiger charge is 2.00. The van der Waals surface area contributed by atoms with E-state index in [1.165, 1.54) is 0 Å². The number of amides is 1. The summed E-state index contributed by atoms with van der Waals surface area (Å²) in [5.74, 6) is 0.141. The third-order valence-electron chi connectivity index (χ3n) is 2.38. The quantitative estimate of drug-likeness (QED) is 0.553. The minimum atomic E-state index is 0.141. The molecular weight excluding hydrogens is 188 g/mol. The molecule has 0 radical (unpaired) electrons. The smallest absolute Gasteiger partial charge is 0.219 e. The summed E-state index contributed by atoms with van der Waals surface area (Å²) in [6.45, 7) is 1.04. The molecule has 82 valence electrons. The Hall–Kier alpha value is -1.38. The molecule has 1 heterocycles. The van der Waals surface area contributed by atoms with Crippen LogP contribution < -0.4 is 9.88 Å². The number of carbonyl (C=O) groups is 1. The van der Waals surface area contributed by atoms with Gasteiger partial charge in [-0.25, -0.2) is 4.57 Å². The van der Waals surface area contributed by atoms with Gasteiger partial charge in [-0.1, -0.05) is 6.07 Å². The Morgan fingerprint density at radius 1 is 1.13 bits per heavy atom. The summed E-state index contributed by atoms with van der Waals surface area (Å²) in [6.07, 6.45) is 8.00. The third-order valence-corrected chi connectivity index (χ3v) is 2.38. The van der Waals surface area contributed by atoms with Crippen molar-refractivity contribution in [3.05, 3.63) is 30.6 Å². The minimum absolute atomic E-state index is 0.141. The van der Waals surface area contributed by atoms with Gasteiger partial charge in [0.05, 0.1) is 0 Å². The van der Waals surface area contributed by atoms with E-state index in [2.05, 4.69) is 22.3 Å². The number of carbonyl (C=O) groups excluding carboxylic acids is 1. The number of aromatic nitrogens is 1. The van der Waals surface area contributed by atoms with E-state index in [4.69, 9.17) is 0 Å². The Morgan fingerprint density at radius 3 is 2.53 bits per heavy atom. The van der Waals surface area contributed by atoms with Crippen LogP contribution in [0.2, 0.25) is 0 Å². The molecule has 0 aromatic carbocycles. The first-order chi connectivity index (χ1) is 7.33. The van der Waals surface area contributed by atoms with Gasteiger partial charge in [0, 0.05) is 32.0 Å². The first-order valence-corrected chi connectivity index (χ1v) is 5.47. The van der Waals surface area contributed by atoms with E-state index in [1.54, 1.807) is 7.05 Å². The maximum absolute atomic E-state index is 10.9. The van der Waals surface area contributed by atoms with Gasteiger partial charge in [0.15, 0.2) is 12.4 Å². The van der Waals surface area contributed by atoms with Crippen molar-refractivity contribution in [2.75, 3.05) is 7.05 Å². The van der Waals surface area contributed by atoms with Crippen LogP contribution in [0, 0.1) is 0 Å². The molecule has 0 fully saturated rings. The number of unbranched alkanes of at least 4 members (excludes halogenated alkanes) is 2. The summed E-state index contributed by atoms with van der Waals surface area (Å²) in [7, 11) is 1.68. The average Bonchev–Trinajstić information content (AvgIpc) is 2.29. The van der Waals surface area contributed by atoms with Crippen LogP contribution in [0.3, 0.4) is 0 Å². The van der Waals surface area contributed by atoms with Gasteiger partial charge in [-0.15, -0.1) is 0 Å². The highest BCUT2D eigenvalue weighted by Crippen LogP contribution is 1.99. The van der Waals surface area contributed by atoms with E-state index >= 15 is 0 Å². The van der Waals surface area contributed by atoms with Crippen molar-refractivity contribution >= 4 is 5.91 Å². The maximum Gasteiger partial charge on any atom is 0.219 e. The molecule has 0 saturated heterocycles. The zero-order valence-electron chi connectivity index (χ0n) is 9.28. The van der Waals surface area contributed by atoms with Gasteiger partial charge in [0.25, 0.3) is 0 Å². The number of pyridine rings is 1. The summed E-state index contributed by atoms with van der Waals surface area (Å²) in [4.78, 5) is 10.9. The molecule has 0 unspecified atom stereocenters. The van der Waals surface area contributed by atoms with Crippen LogP contribution >= 0.6 is 0 Å². The lowest BCUT2D eigenvalue weighted by atomic mass is 10.2. The maximum atomic E-state index is 10.9. The van der Waals surface area contributed by atoms with Gasteiger partial charge in [0.2, 0.25) is 5.91 Å². The molecule has 0 aliphatic heterocycles. The summed E-state index contributed by atoms with van der Waals surface area (Å²) in [5.41, 5.74) is 0. The number of nitrogens with zero attached hydrogens (tertiary/aromatic N) is 1. The summed E-state index contributed by atoms with van der Waals surface area (Å²) in [5, 5.41) is 2.63. The molecule has 0 aliphatic carbocycles. The molecule has 3 nitrogen and oxygen atoms in total. The molecule has 1 amide bonds. The standard InChI is InChI=1S/C12H18N2O/c1-13-12(15)8-4-2-5-9-14-10-6-3-7-11-14/h3,6-7,10-11H,2,4-5,8-9H2,1H3/p+1. The van der Waals surface area contributed by atoms with Crippen molar-refractivity contribution in [3.63, 3.8) is 0 Å². The van der Waals surface area contributed by atoms with Crippen LogP contribution in [0.5, 0.6) is 0 Å². The first kappa shape index (κ1) is 11.7. The monoisotopic (exact) mass is 207 g/mol. The van der Waals surface area contributed by atoms with E-state index in [1.807, 2.05) is 18.2 Å². The zero-order valence-corrected chi connectivity index (χ0v) is 9.28. The molecule has 1 N–H and O–H groups in total. The molecule has 3 heteroatoms. The first-order valence-electron chi connectivity index (χ1n) is 5.47. The van der Waals surface area contributed by atoms with Gasteiger partial charge in [-0.05, 0) is 12.8 Å². The highest BCUT2D eigenvalue weighted by atomic mass is 16.1. The predicted molar refractivity (Wildman–Crippen MR) is 59.2 cm³/mol. The molecule has 0 bridgehead atoms. The fraction of sp³-hybridized carbons (Fsp3) is 0.500. The lowest BCUT2D eigenvalue weighted by Gasteiger charge is -1.99. The molecule has 0 spiro atoms. The molecule has 15 heavy (non-hydrogen) atoms. The van der Waals surface area contributed by atoms with Crippen molar-refractivity contribution in [2.24, 2.45) is 0 Å². The van der Waals surface area contributed by atoms with Crippen molar-refractivity contribution in [1.82, 2.24) is 5.32 Å². The topological polar surface area (TPSA) is 33.0 Å². The second-order valence-corrected chi connectivity index (χ2v) is 3.60. The van der Waals surface area contributed by atoms with Crippen molar-refractivity contribution < 1.29 is 9.36 Å². The lowest BCUT2D eigenvalue weighted by molar-refractivity contribution is -0.697. The van der Waals surface area contributed by atoms with E-state index in [9.17, 15) is 4.79 Å². The number of hydrogen-bond donors (Lipinski definition) is 1. The third kappa shape index (κ3) is 5.15. The minimum Gasteiger partial charge on any atom is -0.359 e. The van der Waals surface area contributed by atoms with Crippen LogP contribution in [0.1, 0.15) is 25.7 Å². The largest absolute Gasteiger partial charge is 0.359 e. The molecule has 0 saturated carbocycles. The average molecular weight is 207 g/mol. The van der Waals surface area contributed by atoms with Gasteiger partial charge in [0.1, 0.15) is 6.54 Å². The van der Waals surface area contributed by atoms with Crippen LogP contribution in [-0.2, 0) is 11.3 Å². The van der Waals surface area contributed by atoms with E-state index in [0.717, 1.165) is 25.8 Å². The molecule has 0 atom stereocenters. The molecule has 1 rings (SSSR count). The Balaban J connectivity index is 2.05. The summed E-state index contributed by atoms with van der Waals surface area (Å²) < 4.78 is 2.17. The Morgan fingerprint density at radius 2 is 1.87 bits per heavy atom. The number of rotatable bonds is 6. The molecule has 1 aromatic rings. The van der Waals surface area contributed by atoms with E-state index in [0.29, 0.717) is 6.42 Å². The number of aryl methyl sites for hydroxylation is 1. The Labute approximate surface area is 91.1 Å². The van der Waals surface area contributed by atoms with Crippen LogP contribution in [0.15, 0.2) is 30.6 Å². The van der Waals surface area contributed by atoms with Gasteiger partial charge < -0.3 is 5.32 Å². The number of nitrogens with one attached hydrogen (secondary N) is 1. The summed E-state index contributed by atoms with van der Waals surface area (Å²) >= 11 is 0. The second-order valence-electron chi connectivity index (χ2n) is 3.60. The van der Waals surface area contributed by atoms with Crippen molar-refractivity contribution in [1.29, 1.82) is 0 Å². The lowest BCUT2D eigenvalue weighted by Crippen LogP contribution is -2.32. The summed E-state index contributed by atoms with van der Waals surface area (Å²) in [6, 6.07) is 6.08. The fourth-order valence-electron chi connectivity index (χ4n) is 1.47. The van der Waals surface area contributed by atoms with Crippen molar-refractivity contribution in [3.8, 4) is 0 Å². The van der Waals surface area contributed by atoms with E-state index in [-0.39, 0.29) is 5.91 Å². The second kappa shape index (κ2) is 6.98. The Kier molecular flexibility index (Phi) is 5.44. The van der Waals surface area contributed by atoms with Crippen LogP contribution in [-0.4, -0.2) is 13.0 Å². The predicted octanol–water partition coefficient (Wildman–Crippen LogP) is 1.28. The fourth-order valence-corrected chi connectivity index (χ4v) is 1.47. The SMILES string of the molecule is CNC(=O)CCCCC[n+]1ccccc1. The zero-order chi connectivity index (χ0) is 10.9. The normalized spacial score (nSPS) is 9.93. The van der Waals surface area contributed by atoms with E-state index < -0.39 is 0 Å². The van der Waals surface area contributed by atoms with Crippen LogP contribution in [0.25, 0.3) is 0 Å². The van der Waals surface area contributed by atoms with Gasteiger partial charge >= 0.3 is 0 Å². The number of hydrogen-bond acceptors (Lipinski definition) is 1. The van der Waals surface area contributed by atoms with Crippen LogP contribution in [0.4, 0.5) is 0 Å². The van der Waals surface area contributed by atoms with Crippen molar-refractivity contribution in [2.45, 2.75) is 32.2 Å².